The fourth-order valence-corrected chi connectivity index (χ4v) is 6.98. The normalized spacial score (nSPS) is 13.0. The van der Waals surface area contributed by atoms with Gasteiger partial charge in [0.1, 0.15) is 11.4 Å². The molecule has 0 saturated carbocycles. The first-order chi connectivity index (χ1) is 24.2. The molecule has 0 amide bonds. The minimum atomic E-state index is -0.513. The Morgan fingerprint density at radius 3 is 1.63 bits per heavy atom. The molecule has 0 aliphatic rings. The van der Waals surface area contributed by atoms with Gasteiger partial charge in [-0.15, -0.1) is 0 Å². The van der Waals surface area contributed by atoms with Gasteiger partial charge < -0.3 is 9.47 Å². The molecule has 0 saturated heterocycles. The summed E-state index contributed by atoms with van der Waals surface area (Å²) in [5.74, 6) is -0.222. The van der Waals surface area contributed by atoms with Crippen LogP contribution in [0.4, 0.5) is 0 Å². The molecule has 1 atom stereocenters. The highest BCUT2D eigenvalue weighted by Gasteiger charge is 2.33. The molecule has 1 unspecified atom stereocenters. The van der Waals surface area contributed by atoms with E-state index in [4.69, 9.17) is 9.47 Å². The number of ether oxygens (including phenoxy) is 2. The predicted octanol–water partition coefficient (Wildman–Crippen LogP) is 12.0. The largest absolute Gasteiger partial charge is 0.456 e. The molecule has 5 aromatic carbocycles. The topological polar surface area (TPSA) is 52.6 Å². The van der Waals surface area contributed by atoms with Gasteiger partial charge in [-0.1, -0.05) is 119 Å². The van der Waals surface area contributed by atoms with Crippen LogP contribution in [0.25, 0.3) is 11.1 Å². The third-order valence-corrected chi connectivity index (χ3v) is 10.5. The lowest BCUT2D eigenvalue weighted by Crippen LogP contribution is -2.26. The number of aryl methyl sites for hydroxylation is 2. The summed E-state index contributed by atoms with van der Waals surface area (Å²) >= 11 is 0. The van der Waals surface area contributed by atoms with Crippen molar-refractivity contribution in [2.24, 2.45) is 0 Å². The summed E-state index contributed by atoms with van der Waals surface area (Å²) in [6.45, 7) is 19.2. The van der Waals surface area contributed by atoms with Crippen LogP contribution in [0, 0.1) is 13.8 Å². The first kappa shape index (κ1) is 37.3. The quantitative estimate of drug-likeness (QED) is 0.0748. The molecule has 0 aliphatic carbocycles. The molecule has 4 heteroatoms. The minimum absolute atomic E-state index is 0.109. The van der Waals surface area contributed by atoms with E-state index in [0.717, 1.165) is 41.5 Å². The van der Waals surface area contributed by atoms with Crippen molar-refractivity contribution < 1.29 is 19.1 Å². The second kappa shape index (κ2) is 15.1. The summed E-state index contributed by atoms with van der Waals surface area (Å²) in [6.07, 6.45) is 3.01. The maximum absolute atomic E-state index is 13.3. The number of carbonyl (C=O) groups excluding carboxylic acids is 2. The first-order valence-electron chi connectivity index (χ1n) is 18.1. The van der Waals surface area contributed by atoms with E-state index in [2.05, 4.69) is 95.3 Å². The van der Waals surface area contributed by atoms with Crippen molar-refractivity contribution in [3.05, 3.63) is 160 Å². The highest BCUT2D eigenvalue weighted by atomic mass is 16.6. The van der Waals surface area contributed by atoms with E-state index >= 15 is 0 Å². The van der Waals surface area contributed by atoms with E-state index in [1.165, 1.54) is 22.3 Å². The molecule has 0 aliphatic heterocycles. The first-order valence-corrected chi connectivity index (χ1v) is 18.1. The third-order valence-electron chi connectivity index (χ3n) is 10.5. The minimum Gasteiger partial charge on any atom is -0.456 e. The lowest BCUT2D eigenvalue weighted by Gasteiger charge is -2.34. The Morgan fingerprint density at radius 1 is 0.588 bits per heavy atom. The van der Waals surface area contributed by atoms with Crippen molar-refractivity contribution in [1.82, 2.24) is 0 Å². The Kier molecular flexibility index (Phi) is 11.0. The lowest BCUT2D eigenvalue weighted by atomic mass is 9.69. The molecule has 0 N–H and O–H groups in total. The van der Waals surface area contributed by atoms with Crippen LogP contribution >= 0.6 is 0 Å². The molecular weight excluding hydrogens is 629 g/mol. The van der Waals surface area contributed by atoms with Crippen molar-refractivity contribution in [3.63, 3.8) is 0 Å². The molecular formula is C47H52O4. The summed E-state index contributed by atoms with van der Waals surface area (Å²) in [7, 11) is 0. The average molecular weight is 681 g/mol. The van der Waals surface area contributed by atoms with E-state index in [1.54, 1.807) is 24.3 Å². The molecule has 0 fully saturated rings. The van der Waals surface area contributed by atoms with E-state index in [0.29, 0.717) is 16.9 Å². The average Bonchev–Trinajstić information content (AvgIpc) is 3.12. The highest BCUT2D eigenvalue weighted by molar-refractivity contribution is 5.92. The molecule has 4 nitrogen and oxygen atoms in total. The summed E-state index contributed by atoms with van der Waals surface area (Å²) in [5, 5.41) is 0. The molecule has 0 heterocycles. The van der Waals surface area contributed by atoms with Gasteiger partial charge >= 0.3 is 11.9 Å². The Bertz CT molecular complexity index is 1990. The van der Waals surface area contributed by atoms with E-state index in [-0.39, 0.29) is 11.4 Å². The van der Waals surface area contributed by atoms with Crippen LogP contribution < -0.4 is 4.74 Å². The molecule has 0 radical (unpaired) electrons. The second-order valence-electron chi connectivity index (χ2n) is 15.2. The van der Waals surface area contributed by atoms with Gasteiger partial charge in [-0.3, -0.25) is 0 Å². The zero-order valence-corrected chi connectivity index (χ0v) is 31.7. The van der Waals surface area contributed by atoms with Gasteiger partial charge in [-0.2, -0.15) is 0 Å². The van der Waals surface area contributed by atoms with Crippen LogP contribution in [0.5, 0.6) is 5.75 Å². The van der Waals surface area contributed by atoms with Crippen molar-refractivity contribution in [2.45, 2.75) is 98.0 Å². The zero-order chi connectivity index (χ0) is 37.0. The number of benzene rings is 5. The van der Waals surface area contributed by atoms with Crippen LogP contribution in [-0.2, 0) is 15.6 Å². The number of carbonyl (C=O) groups is 2. The van der Waals surface area contributed by atoms with Gasteiger partial charge in [0.2, 0.25) is 0 Å². The SMILES string of the molecule is CCCC(C)(C)c1ccc(C(C)(c2ccccc2)c2ccc(OC(=O)c3ccc(-c4ccc(C(=O)OC(C)(C)CC)cc4)cc3)c(C)c2)cc1C. The maximum atomic E-state index is 13.3. The van der Waals surface area contributed by atoms with Crippen LogP contribution in [-0.4, -0.2) is 17.5 Å². The number of hydrogen-bond donors (Lipinski definition) is 0. The Morgan fingerprint density at radius 2 is 1.12 bits per heavy atom. The van der Waals surface area contributed by atoms with E-state index < -0.39 is 17.0 Å². The maximum Gasteiger partial charge on any atom is 0.343 e. The fourth-order valence-electron chi connectivity index (χ4n) is 6.98. The highest BCUT2D eigenvalue weighted by Crippen LogP contribution is 2.42. The Hall–Kier alpha value is -4.96. The molecule has 5 rings (SSSR count). The van der Waals surface area contributed by atoms with Gasteiger partial charge in [0.25, 0.3) is 0 Å². The molecule has 0 aromatic heterocycles. The van der Waals surface area contributed by atoms with Crippen LogP contribution in [0.15, 0.2) is 115 Å². The molecule has 51 heavy (non-hydrogen) atoms. The zero-order valence-electron chi connectivity index (χ0n) is 31.7. The summed E-state index contributed by atoms with van der Waals surface area (Å²) in [4.78, 5) is 25.9. The van der Waals surface area contributed by atoms with Gasteiger partial charge in [-0.25, -0.2) is 9.59 Å². The van der Waals surface area contributed by atoms with Gasteiger partial charge in [0.05, 0.1) is 11.1 Å². The molecule has 264 valence electrons. The fraction of sp³-hybridized carbons (Fsp3) is 0.319. The Labute approximate surface area is 304 Å². The Balaban J connectivity index is 1.36. The third kappa shape index (κ3) is 8.17. The number of rotatable bonds is 12. The van der Waals surface area contributed by atoms with Crippen LogP contribution in [0.3, 0.4) is 0 Å². The summed E-state index contributed by atoms with van der Waals surface area (Å²) < 4.78 is 11.6. The molecule has 0 spiro atoms. The summed E-state index contributed by atoms with van der Waals surface area (Å²) in [6, 6.07) is 38.3. The predicted molar refractivity (Wildman–Crippen MR) is 209 cm³/mol. The standard InChI is InChI=1S/C47H52O4/c1-10-29-45(5,6)41-27-25-39(30-32(41)3)47(9,38-15-13-12-14-16-38)40-26-28-42(33(4)31-40)50-43(48)36-21-17-34(18-22-36)35-19-23-37(24-20-35)44(49)51-46(7,8)11-2/h12-28,30-31H,10-11,29H2,1-9H3. The number of hydrogen-bond acceptors (Lipinski definition) is 4. The van der Waals surface area contributed by atoms with Crippen LogP contribution in [0.1, 0.15) is 122 Å². The van der Waals surface area contributed by atoms with Crippen molar-refractivity contribution in [3.8, 4) is 16.9 Å². The van der Waals surface area contributed by atoms with Gasteiger partial charge in [0.15, 0.2) is 0 Å². The van der Waals surface area contributed by atoms with Crippen LogP contribution in [0.2, 0.25) is 0 Å². The van der Waals surface area contributed by atoms with Gasteiger partial charge in [0, 0.05) is 5.41 Å². The van der Waals surface area contributed by atoms with E-state index in [1.807, 2.05) is 58.0 Å². The summed E-state index contributed by atoms with van der Waals surface area (Å²) in [5.41, 5.74) is 9.13. The van der Waals surface area contributed by atoms with Crippen molar-refractivity contribution in [2.75, 3.05) is 0 Å². The number of esters is 2. The van der Waals surface area contributed by atoms with Gasteiger partial charge in [-0.05, 0) is 128 Å². The monoisotopic (exact) mass is 680 g/mol. The van der Waals surface area contributed by atoms with Crippen molar-refractivity contribution >= 4 is 11.9 Å². The smallest absolute Gasteiger partial charge is 0.343 e. The van der Waals surface area contributed by atoms with Crippen molar-refractivity contribution in [1.29, 1.82) is 0 Å². The van der Waals surface area contributed by atoms with E-state index in [9.17, 15) is 9.59 Å². The second-order valence-corrected chi connectivity index (χ2v) is 15.2. The molecule has 0 bridgehead atoms. The lowest BCUT2D eigenvalue weighted by molar-refractivity contribution is -0.00245. The molecule has 5 aromatic rings.